The van der Waals surface area contributed by atoms with E-state index < -0.39 is 6.89 Å². The predicted octanol–water partition coefficient (Wildman–Crippen LogP) is 3.51. The average molecular weight is 360 g/mol. The number of carbonyl (C=O) groups is 1. The first-order chi connectivity index (χ1) is 12.8. The quantitative estimate of drug-likeness (QED) is 0.395. The van der Waals surface area contributed by atoms with Crippen molar-refractivity contribution in [1.82, 2.24) is 0 Å². The third-order valence-corrected chi connectivity index (χ3v) is 8.19. The molecule has 0 radical (unpaired) electrons. The Balaban J connectivity index is 2.34. The largest absolute Gasteiger partial charge is 0.466 e. The van der Waals surface area contributed by atoms with Gasteiger partial charge in [0.2, 0.25) is 0 Å². The Morgan fingerprint density at radius 2 is 1.12 bits per heavy atom. The van der Waals surface area contributed by atoms with Gasteiger partial charge in [0.25, 0.3) is 0 Å². The van der Waals surface area contributed by atoms with Crippen molar-refractivity contribution in [2.45, 2.75) is 0 Å². The van der Waals surface area contributed by atoms with Gasteiger partial charge < -0.3 is 4.74 Å². The predicted molar refractivity (Wildman–Crippen MR) is 112 cm³/mol. The Bertz CT molecular complexity index is 826. The van der Waals surface area contributed by atoms with Crippen LogP contribution in [0.5, 0.6) is 0 Å². The van der Waals surface area contributed by atoms with Gasteiger partial charge in [-0.15, -0.1) is 0 Å². The molecule has 3 aromatic carbocycles. The van der Waals surface area contributed by atoms with E-state index in [9.17, 15) is 4.79 Å². The fourth-order valence-electron chi connectivity index (χ4n) is 3.01. The lowest BCUT2D eigenvalue weighted by Crippen LogP contribution is -2.26. The first kappa shape index (κ1) is 18.0. The third kappa shape index (κ3) is 3.71. The summed E-state index contributed by atoms with van der Waals surface area (Å²) < 4.78 is 4.75. The van der Waals surface area contributed by atoms with Crippen LogP contribution in [0.4, 0.5) is 0 Å². The summed E-state index contributed by atoms with van der Waals surface area (Å²) in [4.78, 5) is 11.6. The molecule has 26 heavy (non-hydrogen) atoms. The zero-order chi connectivity index (χ0) is 18.2. The van der Waals surface area contributed by atoms with Crippen LogP contribution in [0, 0.1) is 0 Å². The van der Waals surface area contributed by atoms with Crippen LogP contribution in [0.2, 0.25) is 0 Å². The molecule has 3 rings (SSSR count). The highest BCUT2D eigenvalue weighted by atomic mass is 31.2. The maximum absolute atomic E-state index is 11.6. The minimum Gasteiger partial charge on any atom is -0.466 e. The summed E-state index contributed by atoms with van der Waals surface area (Å²) >= 11 is 0. The Labute approximate surface area is 154 Å². The van der Waals surface area contributed by atoms with Crippen LogP contribution in [-0.4, -0.2) is 18.9 Å². The first-order valence-electron chi connectivity index (χ1n) is 8.43. The average Bonchev–Trinajstić information content (AvgIpc) is 2.73. The summed E-state index contributed by atoms with van der Waals surface area (Å²) in [7, 11) is 1.39. The van der Waals surface area contributed by atoms with Gasteiger partial charge in [0.05, 0.1) is 7.11 Å². The third-order valence-electron chi connectivity index (χ3n) is 4.23. The second kappa shape index (κ2) is 8.51. The molecule has 0 aliphatic rings. The standard InChI is InChI=1S/C23H21O2P/c1-25-23(24)18-11-19-26(20-12-5-2-6-13-20,21-14-7-3-8-15-21)22-16-9-4-10-17-22/h2-19H,1H3/b18-11+. The molecule has 3 heteroatoms. The lowest BCUT2D eigenvalue weighted by Gasteiger charge is -2.28. The Hall–Kier alpha value is -2.83. The van der Waals surface area contributed by atoms with E-state index in [2.05, 4.69) is 78.6 Å². The molecule has 0 heterocycles. The number of hydrogen-bond donors (Lipinski definition) is 0. The van der Waals surface area contributed by atoms with E-state index in [4.69, 9.17) is 4.74 Å². The van der Waals surface area contributed by atoms with Crippen LogP contribution < -0.4 is 15.9 Å². The molecule has 130 valence electrons. The second-order valence-corrected chi connectivity index (χ2v) is 9.05. The highest BCUT2D eigenvalue weighted by molar-refractivity contribution is 7.94. The molecule has 2 nitrogen and oxygen atoms in total. The van der Waals surface area contributed by atoms with Gasteiger partial charge in [-0.25, -0.2) is 4.79 Å². The molecule has 0 saturated carbocycles. The molecular weight excluding hydrogens is 339 g/mol. The highest BCUT2D eigenvalue weighted by Gasteiger charge is 2.23. The minimum atomic E-state index is -2.04. The van der Waals surface area contributed by atoms with Crippen molar-refractivity contribution in [3.05, 3.63) is 103 Å². The molecule has 0 aromatic heterocycles. The van der Waals surface area contributed by atoms with Crippen LogP contribution in [0.15, 0.2) is 103 Å². The van der Waals surface area contributed by atoms with Crippen LogP contribution in [0.1, 0.15) is 0 Å². The van der Waals surface area contributed by atoms with Crippen LogP contribution in [-0.2, 0) is 9.53 Å². The fourth-order valence-corrected chi connectivity index (χ4v) is 6.70. The molecule has 0 amide bonds. The molecule has 3 aromatic rings. The summed E-state index contributed by atoms with van der Waals surface area (Å²) in [5, 5.41) is 3.73. The van der Waals surface area contributed by atoms with E-state index in [-0.39, 0.29) is 5.97 Å². The summed E-state index contributed by atoms with van der Waals surface area (Å²) in [6, 6.07) is 31.4. The summed E-state index contributed by atoms with van der Waals surface area (Å²) in [6.07, 6.45) is 3.30. The van der Waals surface area contributed by atoms with Crippen LogP contribution in [0.25, 0.3) is 0 Å². The van der Waals surface area contributed by atoms with Gasteiger partial charge in [0.15, 0.2) is 0 Å². The van der Waals surface area contributed by atoms with E-state index in [1.165, 1.54) is 29.1 Å². The van der Waals surface area contributed by atoms with E-state index in [0.717, 1.165) is 0 Å². The first-order valence-corrected chi connectivity index (χ1v) is 10.3. The fraction of sp³-hybridized carbons (Fsp3) is 0.0435. The zero-order valence-electron chi connectivity index (χ0n) is 14.7. The maximum atomic E-state index is 11.6. The van der Waals surface area contributed by atoms with Gasteiger partial charge in [-0.2, -0.15) is 0 Å². The minimum absolute atomic E-state index is 0.353. The maximum Gasteiger partial charge on any atom is 0.330 e. The van der Waals surface area contributed by atoms with E-state index in [0.29, 0.717) is 0 Å². The number of allylic oxidation sites excluding steroid dienone is 1. The van der Waals surface area contributed by atoms with Crippen molar-refractivity contribution in [1.29, 1.82) is 0 Å². The zero-order valence-corrected chi connectivity index (χ0v) is 15.6. The number of hydrogen-bond acceptors (Lipinski definition) is 2. The number of esters is 1. The van der Waals surface area contributed by atoms with Crippen molar-refractivity contribution < 1.29 is 9.53 Å². The Morgan fingerprint density at radius 1 is 0.731 bits per heavy atom. The van der Waals surface area contributed by atoms with Gasteiger partial charge >= 0.3 is 5.97 Å². The van der Waals surface area contributed by atoms with E-state index >= 15 is 0 Å². The Kier molecular flexibility index (Phi) is 5.88. The van der Waals surface area contributed by atoms with Gasteiger partial charge in [-0.3, -0.25) is 0 Å². The molecular formula is C23H21O2P. The normalized spacial score (nSPS) is 11.3. The van der Waals surface area contributed by atoms with Gasteiger partial charge in [0, 0.05) is 6.08 Å². The number of benzene rings is 3. The van der Waals surface area contributed by atoms with Gasteiger partial charge in [0.1, 0.15) is 0 Å². The number of methoxy groups -OCH3 is 1. The monoisotopic (exact) mass is 360 g/mol. The van der Waals surface area contributed by atoms with Crippen LogP contribution >= 0.6 is 6.89 Å². The van der Waals surface area contributed by atoms with Crippen molar-refractivity contribution >= 4 is 34.6 Å². The number of carbonyl (C=O) groups excluding carboxylic acids is 1. The van der Waals surface area contributed by atoms with Crippen LogP contribution in [0.3, 0.4) is 0 Å². The molecule has 0 fully saturated rings. The molecule has 0 spiro atoms. The lowest BCUT2D eigenvalue weighted by molar-refractivity contribution is -0.134. The SMILES string of the molecule is COC(=O)/C=C/C=P(c1ccccc1)(c1ccccc1)c1ccccc1. The van der Waals surface area contributed by atoms with E-state index in [1.54, 1.807) is 0 Å². The topological polar surface area (TPSA) is 26.3 Å². The molecule has 0 atom stereocenters. The van der Waals surface area contributed by atoms with Crippen molar-refractivity contribution in [2.24, 2.45) is 0 Å². The smallest absolute Gasteiger partial charge is 0.330 e. The number of rotatable bonds is 5. The molecule has 0 saturated heterocycles. The van der Waals surface area contributed by atoms with E-state index in [1.807, 2.05) is 24.3 Å². The molecule has 0 unspecified atom stereocenters. The number of ether oxygens (including phenoxy) is 1. The highest BCUT2D eigenvalue weighted by Crippen LogP contribution is 2.43. The van der Waals surface area contributed by atoms with Crippen molar-refractivity contribution in [3.8, 4) is 0 Å². The second-order valence-electron chi connectivity index (χ2n) is 5.76. The van der Waals surface area contributed by atoms with Gasteiger partial charge in [-0.05, 0) is 22.8 Å². The summed E-state index contributed by atoms with van der Waals surface area (Å²) in [5.41, 5.74) is 0. The van der Waals surface area contributed by atoms with Gasteiger partial charge in [-0.1, -0.05) is 103 Å². The molecule has 0 bridgehead atoms. The van der Waals surface area contributed by atoms with Crippen molar-refractivity contribution in [3.63, 3.8) is 0 Å². The molecule has 0 N–H and O–H groups in total. The summed E-state index contributed by atoms with van der Waals surface area (Å²) in [5.74, 6) is 1.82. The molecule has 0 aliphatic heterocycles. The van der Waals surface area contributed by atoms with Crippen molar-refractivity contribution in [2.75, 3.05) is 7.11 Å². The summed E-state index contributed by atoms with van der Waals surface area (Å²) in [6.45, 7) is -2.04. The Morgan fingerprint density at radius 3 is 1.46 bits per heavy atom. The lowest BCUT2D eigenvalue weighted by atomic mass is 10.4. The molecule has 0 aliphatic carbocycles.